The molecule has 0 aliphatic heterocycles. The van der Waals surface area contributed by atoms with E-state index in [0.29, 0.717) is 24.2 Å². The number of phenols is 1. The molecule has 0 fully saturated rings. The lowest BCUT2D eigenvalue weighted by atomic mass is 10.2. The van der Waals surface area contributed by atoms with Crippen molar-refractivity contribution in [2.45, 2.75) is 13.8 Å². The summed E-state index contributed by atoms with van der Waals surface area (Å²) in [6.45, 7) is 6.68. The Hall–Kier alpha value is -3.02. The minimum absolute atomic E-state index is 0.112. The molecule has 0 aromatic heterocycles. The molecule has 0 unspecified atom stereocenters. The lowest BCUT2D eigenvalue weighted by Crippen LogP contribution is -2.34. The normalized spacial score (nSPS) is 10.2. The fourth-order valence-corrected chi connectivity index (χ4v) is 2.58. The molecule has 2 amide bonds. The minimum atomic E-state index is -0.247. The Bertz CT molecular complexity index is 723. The summed E-state index contributed by atoms with van der Waals surface area (Å²) in [4.78, 5) is 26.3. The first-order chi connectivity index (χ1) is 12.5. The Morgan fingerprint density at radius 1 is 0.808 bits per heavy atom. The zero-order valence-corrected chi connectivity index (χ0v) is 15.2. The summed E-state index contributed by atoms with van der Waals surface area (Å²) >= 11 is 0. The Labute approximate surface area is 153 Å². The molecular formula is C20H25N3O3. The maximum Gasteiger partial charge on any atom is 0.251 e. The molecule has 0 saturated heterocycles. The molecule has 0 aliphatic carbocycles. The number of amides is 2. The molecule has 2 aromatic carbocycles. The smallest absolute Gasteiger partial charge is 0.251 e. The summed E-state index contributed by atoms with van der Waals surface area (Å²) < 4.78 is 0. The van der Waals surface area contributed by atoms with Crippen LogP contribution in [0.3, 0.4) is 0 Å². The second-order valence-corrected chi connectivity index (χ2v) is 5.78. The van der Waals surface area contributed by atoms with Crippen molar-refractivity contribution in [3.8, 4) is 5.75 Å². The van der Waals surface area contributed by atoms with Crippen molar-refractivity contribution in [2.24, 2.45) is 0 Å². The van der Waals surface area contributed by atoms with Gasteiger partial charge in [0, 0.05) is 43.0 Å². The highest BCUT2D eigenvalue weighted by Gasteiger charge is 2.08. The maximum atomic E-state index is 12.2. The fourth-order valence-electron chi connectivity index (χ4n) is 2.58. The second kappa shape index (κ2) is 9.46. The van der Waals surface area contributed by atoms with Gasteiger partial charge in [0.2, 0.25) is 0 Å². The predicted molar refractivity (Wildman–Crippen MR) is 103 cm³/mol. The fraction of sp³-hybridized carbons (Fsp3) is 0.300. The highest BCUT2D eigenvalue weighted by atomic mass is 16.3. The summed E-state index contributed by atoms with van der Waals surface area (Å²) in [6.07, 6.45) is 0. The zero-order valence-electron chi connectivity index (χ0n) is 15.2. The van der Waals surface area contributed by atoms with Crippen LogP contribution in [0.4, 0.5) is 5.69 Å². The van der Waals surface area contributed by atoms with Crippen LogP contribution in [0.25, 0.3) is 0 Å². The van der Waals surface area contributed by atoms with Crippen molar-refractivity contribution < 1.29 is 14.7 Å². The van der Waals surface area contributed by atoms with Crippen LogP contribution in [0.2, 0.25) is 0 Å². The first-order valence-electron chi connectivity index (χ1n) is 8.75. The van der Waals surface area contributed by atoms with Gasteiger partial charge in [0.1, 0.15) is 5.75 Å². The maximum absolute atomic E-state index is 12.2. The van der Waals surface area contributed by atoms with Crippen molar-refractivity contribution in [1.82, 2.24) is 10.6 Å². The number of hydrogen-bond acceptors (Lipinski definition) is 4. The van der Waals surface area contributed by atoms with Crippen LogP contribution in [0.15, 0.2) is 48.5 Å². The molecule has 26 heavy (non-hydrogen) atoms. The number of nitrogens with one attached hydrogen (secondary N) is 2. The monoisotopic (exact) mass is 355 g/mol. The summed E-state index contributed by atoms with van der Waals surface area (Å²) in [5, 5.41) is 14.7. The molecular weight excluding hydrogens is 330 g/mol. The van der Waals surface area contributed by atoms with Gasteiger partial charge in [-0.1, -0.05) is 0 Å². The Kier molecular flexibility index (Phi) is 7.02. The van der Waals surface area contributed by atoms with Gasteiger partial charge in [0.15, 0.2) is 0 Å². The Morgan fingerprint density at radius 3 is 1.65 bits per heavy atom. The third-order valence-electron chi connectivity index (χ3n) is 4.08. The molecule has 3 N–H and O–H groups in total. The lowest BCUT2D eigenvalue weighted by Gasteiger charge is -2.21. The molecule has 6 heteroatoms. The summed E-state index contributed by atoms with van der Waals surface area (Å²) in [6, 6.07) is 13.5. The summed E-state index contributed by atoms with van der Waals surface area (Å²) in [5.41, 5.74) is 2.14. The molecule has 0 radical (unpaired) electrons. The summed E-state index contributed by atoms with van der Waals surface area (Å²) in [5.74, 6) is -0.307. The van der Waals surface area contributed by atoms with Gasteiger partial charge in [-0.15, -0.1) is 0 Å². The van der Waals surface area contributed by atoms with Crippen LogP contribution in [-0.4, -0.2) is 43.1 Å². The molecule has 2 rings (SSSR count). The molecule has 0 atom stereocenters. The van der Waals surface area contributed by atoms with Gasteiger partial charge in [-0.3, -0.25) is 9.59 Å². The molecule has 0 bridgehead atoms. The van der Waals surface area contributed by atoms with E-state index in [1.165, 1.54) is 12.1 Å². The molecule has 138 valence electrons. The highest BCUT2D eigenvalue weighted by Crippen LogP contribution is 2.14. The van der Waals surface area contributed by atoms with E-state index in [2.05, 4.69) is 29.4 Å². The first kappa shape index (κ1) is 19.3. The van der Waals surface area contributed by atoms with Crippen molar-refractivity contribution >= 4 is 17.5 Å². The van der Waals surface area contributed by atoms with E-state index >= 15 is 0 Å². The van der Waals surface area contributed by atoms with Crippen molar-refractivity contribution in [3.63, 3.8) is 0 Å². The molecule has 0 heterocycles. The Balaban J connectivity index is 1.78. The van der Waals surface area contributed by atoms with Gasteiger partial charge in [-0.05, 0) is 62.4 Å². The standard InChI is InChI=1S/C20H25N3O3/c1-3-23(4-2)17-9-5-15(6-10-17)19(25)21-13-14-22-20(26)16-7-11-18(24)12-8-16/h5-12,24H,3-4,13-14H2,1-2H3,(H,21,25)(H,22,26). The third-order valence-corrected chi connectivity index (χ3v) is 4.08. The predicted octanol–water partition coefficient (Wildman–Crippen LogP) is 2.40. The number of aromatic hydroxyl groups is 1. The summed E-state index contributed by atoms with van der Waals surface area (Å²) in [7, 11) is 0. The van der Waals surface area contributed by atoms with E-state index in [0.717, 1.165) is 18.8 Å². The number of anilines is 1. The van der Waals surface area contributed by atoms with E-state index in [4.69, 9.17) is 0 Å². The molecule has 0 spiro atoms. The van der Waals surface area contributed by atoms with Gasteiger partial charge in [0.05, 0.1) is 0 Å². The third kappa shape index (κ3) is 5.24. The Morgan fingerprint density at radius 2 is 1.23 bits per heavy atom. The van der Waals surface area contributed by atoms with E-state index in [-0.39, 0.29) is 17.6 Å². The van der Waals surface area contributed by atoms with Crippen LogP contribution < -0.4 is 15.5 Å². The van der Waals surface area contributed by atoms with E-state index in [1.54, 1.807) is 24.3 Å². The van der Waals surface area contributed by atoms with E-state index < -0.39 is 0 Å². The number of hydrogen-bond donors (Lipinski definition) is 3. The van der Waals surface area contributed by atoms with Crippen molar-refractivity contribution in [3.05, 3.63) is 59.7 Å². The SMILES string of the molecule is CCN(CC)c1ccc(C(=O)NCCNC(=O)c2ccc(O)cc2)cc1. The lowest BCUT2D eigenvalue weighted by molar-refractivity contribution is 0.0927. The number of benzene rings is 2. The molecule has 6 nitrogen and oxygen atoms in total. The van der Waals surface area contributed by atoms with Crippen molar-refractivity contribution in [2.75, 3.05) is 31.1 Å². The van der Waals surface area contributed by atoms with Crippen LogP contribution in [0, 0.1) is 0 Å². The van der Waals surface area contributed by atoms with Gasteiger partial charge in [0.25, 0.3) is 11.8 Å². The largest absolute Gasteiger partial charge is 0.508 e. The average molecular weight is 355 g/mol. The van der Waals surface area contributed by atoms with Crippen molar-refractivity contribution in [1.29, 1.82) is 0 Å². The highest BCUT2D eigenvalue weighted by molar-refractivity contribution is 5.95. The first-order valence-corrected chi connectivity index (χ1v) is 8.75. The quantitative estimate of drug-likeness (QED) is 0.635. The van der Waals surface area contributed by atoms with Gasteiger partial charge in [-0.2, -0.15) is 0 Å². The number of phenolic OH excluding ortho intramolecular Hbond substituents is 1. The average Bonchev–Trinajstić information content (AvgIpc) is 2.67. The number of rotatable bonds is 8. The van der Waals surface area contributed by atoms with Crippen LogP contribution in [-0.2, 0) is 0 Å². The van der Waals surface area contributed by atoms with Gasteiger partial charge < -0.3 is 20.6 Å². The topological polar surface area (TPSA) is 81.7 Å². The second-order valence-electron chi connectivity index (χ2n) is 5.78. The number of carbonyl (C=O) groups is 2. The number of carbonyl (C=O) groups excluding carboxylic acids is 2. The van der Waals surface area contributed by atoms with Crippen LogP contribution >= 0.6 is 0 Å². The molecule has 0 saturated carbocycles. The minimum Gasteiger partial charge on any atom is -0.508 e. The zero-order chi connectivity index (χ0) is 18.9. The van der Waals surface area contributed by atoms with E-state index in [9.17, 15) is 14.7 Å². The van der Waals surface area contributed by atoms with Crippen LogP contribution in [0.5, 0.6) is 5.75 Å². The van der Waals surface area contributed by atoms with E-state index in [1.807, 2.05) is 12.1 Å². The van der Waals surface area contributed by atoms with Gasteiger partial charge >= 0.3 is 0 Å². The molecule has 0 aliphatic rings. The van der Waals surface area contributed by atoms with Crippen LogP contribution in [0.1, 0.15) is 34.6 Å². The van der Waals surface area contributed by atoms with Gasteiger partial charge in [-0.25, -0.2) is 0 Å². The number of nitrogens with zero attached hydrogens (tertiary/aromatic N) is 1. The molecule has 2 aromatic rings.